The fraction of sp³-hybridized carbons (Fsp3) is 0.606. The third kappa shape index (κ3) is 5.87. The Morgan fingerprint density at radius 3 is 2.32 bits per heavy atom. The van der Waals surface area contributed by atoms with Crippen LogP contribution in [0.3, 0.4) is 0 Å². The highest BCUT2D eigenvalue weighted by atomic mass is 19.1. The Bertz CT molecular complexity index is 1110. The van der Waals surface area contributed by atoms with Gasteiger partial charge in [-0.25, -0.2) is 4.39 Å². The zero-order valence-corrected chi connectivity index (χ0v) is 24.0. The van der Waals surface area contributed by atoms with Crippen LogP contribution in [0, 0.1) is 17.2 Å². The van der Waals surface area contributed by atoms with Crippen LogP contribution >= 0.6 is 0 Å². The first kappa shape index (κ1) is 28.4. The minimum Gasteiger partial charge on any atom is -0.306 e. The summed E-state index contributed by atoms with van der Waals surface area (Å²) in [4.78, 5) is 34.1. The third-order valence-corrected chi connectivity index (χ3v) is 8.92. The Balaban J connectivity index is 1.69. The smallest absolute Gasteiger partial charge is 0.275 e. The minimum atomic E-state index is -0.565. The van der Waals surface area contributed by atoms with Crippen molar-refractivity contribution in [3.05, 3.63) is 58.9 Å². The van der Waals surface area contributed by atoms with Gasteiger partial charge in [-0.2, -0.15) is 0 Å². The quantitative estimate of drug-likeness (QED) is 0.332. The van der Waals surface area contributed by atoms with Gasteiger partial charge in [-0.1, -0.05) is 59.6 Å². The predicted molar refractivity (Wildman–Crippen MR) is 153 cm³/mol. The van der Waals surface area contributed by atoms with Gasteiger partial charge in [0.2, 0.25) is 0 Å². The van der Waals surface area contributed by atoms with Crippen molar-refractivity contribution in [2.24, 2.45) is 16.3 Å². The van der Waals surface area contributed by atoms with Crippen LogP contribution in [0.1, 0.15) is 111 Å². The van der Waals surface area contributed by atoms with E-state index in [2.05, 4.69) is 45.6 Å². The highest BCUT2D eigenvalue weighted by Gasteiger charge is 2.52. The van der Waals surface area contributed by atoms with E-state index in [0.29, 0.717) is 23.6 Å². The van der Waals surface area contributed by atoms with Gasteiger partial charge in [0.25, 0.3) is 5.91 Å². The molecule has 38 heavy (non-hydrogen) atoms. The Kier molecular flexibility index (Phi) is 8.74. The first-order valence-corrected chi connectivity index (χ1v) is 14.7. The molecule has 1 spiro atoms. The molecule has 1 aliphatic heterocycles. The number of Topliss-reactive ketones (excluding diaryl/α,β-unsaturated/α-hetero) is 1. The number of hydrogen-bond acceptors (Lipinski definition) is 3. The molecular formula is C33H45FN2O2. The van der Waals surface area contributed by atoms with Crippen molar-refractivity contribution in [3.63, 3.8) is 0 Å². The molecule has 1 atom stereocenters. The van der Waals surface area contributed by atoms with E-state index < -0.39 is 5.66 Å². The van der Waals surface area contributed by atoms with Crippen LogP contribution in [0.5, 0.6) is 0 Å². The number of allylic oxidation sites excluding steroid dienone is 3. The molecule has 1 amide bonds. The number of aliphatic imine (C=N–C) groups is 1. The van der Waals surface area contributed by atoms with Crippen molar-refractivity contribution in [3.8, 4) is 0 Å². The maximum absolute atomic E-state index is 14.2. The highest BCUT2D eigenvalue weighted by Crippen LogP contribution is 2.48. The topological polar surface area (TPSA) is 49.7 Å². The summed E-state index contributed by atoms with van der Waals surface area (Å²) in [5, 5.41) is 0. The summed E-state index contributed by atoms with van der Waals surface area (Å²) in [6.07, 6.45) is 13.8. The largest absolute Gasteiger partial charge is 0.306 e. The van der Waals surface area contributed by atoms with Crippen LogP contribution < -0.4 is 0 Å². The number of nitrogens with zero attached hydrogens (tertiary/aromatic N) is 2. The molecule has 206 valence electrons. The van der Waals surface area contributed by atoms with Crippen molar-refractivity contribution < 1.29 is 14.0 Å². The molecule has 1 saturated carbocycles. The van der Waals surface area contributed by atoms with E-state index in [0.717, 1.165) is 69.8 Å². The van der Waals surface area contributed by atoms with Gasteiger partial charge in [-0.3, -0.25) is 14.6 Å². The van der Waals surface area contributed by atoms with E-state index in [-0.39, 0.29) is 29.0 Å². The third-order valence-electron chi connectivity index (χ3n) is 8.92. The monoisotopic (exact) mass is 520 g/mol. The SMILES string of the molecule is CCCCC(=O)C1=CC=C(C(CCC)N2C(=O)C(c3ccc(F)cc3)=NC23CCC(C(C)(C)C)CC3)CC1. The van der Waals surface area contributed by atoms with Crippen molar-refractivity contribution in [2.75, 3.05) is 0 Å². The van der Waals surface area contributed by atoms with Gasteiger partial charge < -0.3 is 4.90 Å². The fourth-order valence-electron chi connectivity index (χ4n) is 6.55. The van der Waals surface area contributed by atoms with Crippen LogP contribution in [0.4, 0.5) is 4.39 Å². The van der Waals surface area contributed by atoms with Gasteiger partial charge in [-0.05, 0) is 98.1 Å². The van der Waals surface area contributed by atoms with Crippen LogP contribution in [-0.4, -0.2) is 34.0 Å². The molecule has 2 aliphatic carbocycles. The minimum absolute atomic E-state index is 0.0426. The molecule has 0 bridgehead atoms. The molecular weight excluding hydrogens is 475 g/mol. The van der Waals surface area contributed by atoms with E-state index in [9.17, 15) is 14.0 Å². The molecule has 0 radical (unpaired) electrons. The van der Waals surface area contributed by atoms with E-state index in [1.165, 1.54) is 17.7 Å². The lowest BCUT2D eigenvalue weighted by Gasteiger charge is -2.48. The fourth-order valence-corrected chi connectivity index (χ4v) is 6.55. The second kappa shape index (κ2) is 11.7. The van der Waals surface area contributed by atoms with Gasteiger partial charge in [0.1, 0.15) is 17.2 Å². The van der Waals surface area contributed by atoms with Crippen molar-refractivity contribution in [1.82, 2.24) is 4.90 Å². The van der Waals surface area contributed by atoms with Crippen molar-refractivity contribution >= 4 is 17.4 Å². The number of benzene rings is 1. The van der Waals surface area contributed by atoms with Crippen LogP contribution in [-0.2, 0) is 9.59 Å². The number of rotatable bonds is 9. The van der Waals surface area contributed by atoms with Crippen LogP contribution in [0.15, 0.2) is 52.6 Å². The summed E-state index contributed by atoms with van der Waals surface area (Å²) < 4.78 is 13.7. The maximum atomic E-state index is 14.2. The normalized spacial score (nSPS) is 24.8. The average molecular weight is 521 g/mol. The van der Waals surface area contributed by atoms with E-state index in [4.69, 9.17) is 4.99 Å². The number of hydrogen-bond donors (Lipinski definition) is 0. The lowest BCUT2D eigenvalue weighted by Crippen LogP contribution is -2.55. The molecule has 4 nitrogen and oxygen atoms in total. The Hall–Kier alpha value is -2.56. The van der Waals surface area contributed by atoms with Gasteiger partial charge in [0.05, 0.1) is 6.04 Å². The summed E-state index contributed by atoms with van der Waals surface area (Å²) >= 11 is 0. The molecule has 1 fully saturated rings. The van der Waals surface area contributed by atoms with E-state index in [1.807, 2.05) is 6.08 Å². The van der Waals surface area contributed by atoms with E-state index in [1.54, 1.807) is 12.1 Å². The molecule has 1 unspecified atom stereocenters. The Morgan fingerprint density at radius 2 is 1.76 bits per heavy atom. The zero-order chi connectivity index (χ0) is 27.5. The van der Waals surface area contributed by atoms with Crippen molar-refractivity contribution in [1.29, 1.82) is 0 Å². The van der Waals surface area contributed by atoms with Gasteiger partial charge >= 0.3 is 0 Å². The number of amides is 1. The number of halogens is 1. The Morgan fingerprint density at radius 1 is 1.08 bits per heavy atom. The molecule has 1 heterocycles. The summed E-state index contributed by atoms with van der Waals surface area (Å²) in [5.74, 6) is 0.488. The van der Waals surface area contributed by atoms with Gasteiger partial charge in [-0.15, -0.1) is 0 Å². The predicted octanol–water partition coefficient (Wildman–Crippen LogP) is 7.96. The molecule has 4 rings (SSSR count). The number of carbonyl (C=O) groups excluding carboxylic acids is 2. The van der Waals surface area contributed by atoms with Crippen LogP contribution in [0.2, 0.25) is 0 Å². The molecule has 0 saturated heterocycles. The van der Waals surface area contributed by atoms with Gasteiger partial charge in [0, 0.05) is 12.0 Å². The molecule has 0 aromatic heterocycles. The average Bonchev–Trinajstić information content (AvgIpc) is 3.17. The Labute approximate surface area is 228 Å². The molecule has 5 heteroatoms. The number of unbranched alkanes of at least 4 members (excludes halogenated alkanes) is 1. The molecule has 1 aromatic rings. The highest BCUT2D eigenvalue weighted by molar-refractivity contribution is 6.46. The lowest BCUT2D eigenvalue weighted by molar-refractivity contribution is -0.132. The molecule has 3 aliphatic rings. The summed E-state index contributed by atoms with van der Waals surface area (Å²) in [6, 6.07) is 6.12. The summed E-state index contributed by atoms with van der Waals surface area (Å²) in [5.41, 5.74) is 2.94. The molecule has 0 N–H and O–H groups in total. The summed E-state index contributed by atoms with van der Waals surface area (Å²) in [7, 11) is 0. The second-order valence-corrected chi connectivity index (χ2v) is 12.5. The second-order valence-electron chi connectivity index (χ2n) is 12.5. The standard InChI is InChI=1S/C33H45FN2O2/c1-6-8-10-29(37)24-13-11-23(12-14-24)28(9-7-2)36-31(38)30(25-15-17-27(34)18-16-25)35-33(36)21-19-26(20-22-33)32(3,4)5/h11,13,15-18,26,28H,6-10,12,14,19-22H2,1-5H3. The number of ketones is 1. The first-order chi connectivity index (χ1) is 18.1. The molecule has 1 aromatic carbocycles. The first-order valence-electron chi connectivity index (χ1n) is 14.7. The van der Waals surface area contributed by atoms with Gasteiger partial charge in [0.15, 0.2) is 5.78 Å². The zero-order valence-electron chi connectivity index (χ0n) is 24.0. The van der Waals surface area contributed by atoms with Crippen LogP contribution in [0.25, 0.3) is 0 Å². The number of carbonyl (C=O) groups is 2. The maximum Gasteiger partial charge on any atom is 0.275 e. The van der Waals surface area contributed by atoms with E-state index >= 15 is 0 Å². The van der Waals surface area contributed by atoms with Crippen molar-refractivity contribution in [2.45, 2.75) is 117 Å². The lowest BCUT2D eigenvalue weighted by atomic mass is 9.69. The summed E-state index contributed by atoms with van der Waals surface area (Å²) in [6.45, 7) is 11.2.